The van der Waals surface area contributed by atoms with Crippen LogP contribution in [0, 0.1) is 12.7 Å². The zero-order valence-electron chi connectivity index (χ0n) is 17.1. The van der Waals surface area contributed by atoms with Gasteiger partial charge >= 0.3 is 0 Å². The van der Waals surface area contributed by atoms with E-state index in [1.807, 2.05) is 55.5 Å². The maximum Gasteiger partial charge on any atom is 0.174 e. The molecule has 2 unspecified atom stereocenters. The first kappa shape index (κ1) is 20.8. The third-order valence-corrected chi connectivity index (χ3v) is 6.49. The molecule has 0 aliphatic carbocycles. The number of hydrogen-bond donors (Lipinski definition) is 1. The summed E-state index contributed by atoms with van der Waals surface area (Å²) >= 11 is 9.27. The molecule has 4 aromatic rings. The summed E-state index contributed by atoms with van der Waals surface area (Å²) in [4.78, 5) is 6.29. The first-order valence-electron chi connectivity index (χ1n) is 10.1. The molecule has 1 aliphatic rings. The van der Waals surface area contributed by atoms with Crippen LogP contribution in [-0.4, -0.2) is 10.1 Å². The number of aryl methyl sites for hydroxylation is 1. The van der Waals surface area contributed by atoms with Crippen molar-refractivity contribution in [3.05, 3.63) is 106 Å². The largest absolute Gasteiger partial charge is 0.459 e. The molecule has 2 aromatic carbocycles. The predicted octanol–water partition coefficient (Wildman–Crippen LogP) is 6.73. The Morgan fingerprint density at radius 1 is 1.06 bits per heavy atom. The van der Waals surface area contributed by atoms with Crippen molar-refractivity contribution in [1.82, 2.24) is 10.3 Å². The van der Waals surface area contributed by atoms with E-state index in [4.69, 9.17) is 16.6 Å². The maximum absolute atomic E-state index is 14.8. The zero-order chi connectivity index (χ0) is 22.2. The number of rotatable bonds is 4. The highest BCUT2D eigenvalue weighted by atomic mass is 79.9. The topological polar surface area (TPSA) is 41.3 Å². The van der Waals surface area contributed by atoms with Gasteiger partial charge in [0.05, 0.1) is 17.4 Å². The number of benzene rings is 2. The smallest absolute Gasteiger partial charge is 0.174 e. The minimum absolute atomic E-state index is 0.302. The highest BCUT2D eigenvalue weighted by Crippen LogP contribution is 2.44. The molecule has 1 aliphatic heterocycles. The van der Waals surface area contributed by atoms with E-state index < -0.39 is 6.04 Å². The number of thiocarbonyl (C=S) groups is 1. The second-order valence-electron chi connectivity index (χ2n) is 7.63. The number of furan rings is 1. The van der Waals surface area contributed by atoms with Gasteiger partial charge in [-0.05, 0) is 73.2 Å². The lowest BCUT2D eigenvalue weighted by molar-refractivity contribution is 0.437. The number of nitrogens with zero attached hydrogens (tertiary/aromatic N) is 2. The fraction of sp³-hybridized carbons (Fsp3) is 0.120. The summed E-state index contributed by atoms with van der Waals surface area (Å²) in [5, 5.41) is 3.74. The van der Waals surface area contributed by atoms with Crippen molar-refractivity contribution >= 4 is 38.9 Å². The summed E-state index contributed by atoms with van der Waals surface area (Å²) in [6, 6.07) is 21.6. The van der Waals surface area contributed by atoms with Gasteiger partial charge in [-0.2, -0.15) is 0 Å². The molecule has 0 spiro atoms. The van der Waals surface area contributed by atoms with Gasteiger partial charge in [0.2, 0.25) is 0 Å². The molecular weight excluding hydrogens is 489 g/mol. The molecule has 1 fully saturated rings. The van der Waals surface area contributed by atoms with Crippen LogP contribution >= 0.6 is 28.1 Å². The molecular formula is C25H19BrFN3OS. The molecule has 0 radical (unpaired) electrons. The van der Waals surface area contributed by atoms with E-state index in [1.54, 1.807) is 29.3 Å². The number of hydrogen-bond acceptors (Lipinski definition) is 3. The second kappa shape index (κ2) is 8.48. The normalized spacial score (nSPS) is 18.1. The summed E-state index contributed by atoms with van der Waals surface area (Å²) in [6.07, 6.45) is 1.74. The molecule has 0 bridgehead atoms. The Morgan fingerprint density at radius 3 is 2.62 bits per heavy atom. The number of aromatic nitrogens is 1. The average molecular weight is 508 g/mol. The Hall–Kier alpha value is -3.03. The Kier molecular flexibility index (Phi) is 5.53. The van der Waals surface area contributed by atoms with E-state index in [2.05, 4.69) is 26.2 Å². The Bertz CT molecular complexity index is 1290. The van der Waals surface area contributed by atoms with Crippen molar-refractivity contribution in [2.75, 3.05) is 4.90 Å². The molecule has 0 saturated carbocycles. The lowest BCUT2D eigenvalue weighted by Gasteiger charge is -2.26. The number of para-hydroxylation sites is 1. The quantitative estimate of drug-likeness (QED) is 0.310. The van der Waals surface area contributed by atoms with Crippen LogP contribution in [-0.2, 0) is 0 Å². The minimum Gasteiger partial charge on any atom is -0.459 e. The van der Waals surface area contributed by atoms with Crippen LogP contribution in [0.3, 0.4) is 0 Å². The molecule has 160 valence electrons. The summed E-state index contributed by atoms with van der Waals surface area (Å²) in [7, 11) is 0. The molecule has 7 heteroatoms. The van der Waals surface area contributed by atoms with Gasteiger partial charge in [-0.1, -0.05) is 40.2 Å². The first-order chi connectivity index (χ1) is 15.5. The van der Waals surface area contributed by atoms with E-state index in [9.17, 15) is 4.39 Å². The van der Waals surface area contributed by atoms with Crippen molar-refractivity contribution < 1.29 is 8.81 Å². The van der Waals surface area contributed by atoms with Crippen molar-refractivity contribution in [3.63, 3.8) is 0 Å². The van der Waals surface area contributed by atoms with Crippen LogP contribution in [0.2, 0.25) is 0 Å². The molecule has 32 heavy (non-hydrogen) atoms. The monoisotopic (exact) mass is 507 g/mol. The Balaban J connectivity index is 1.62. The maximum atomic E-state index is 14.8. The summed E-state index contributed by atoms with van der Waals surface area (Å²) in [5.74, 6) is 1.04. The predicted molar refractivity (Wildman–Crippen MR) is 131 cm³/mol. The molecule has 2 atom stereocenters. The van der Waals surface area contributed by atoms with Crippen molar-refractivity contribution in [3.8, 4) is 11.3 Å². The van der Waals surface area contributed by atoms with Crippen molar-refractivity contribution in [1.29, 1.82) is 0 Å². The molecule has 1 saturated heterocycles. The minimum atomic E-state index is -0.410. The van der Waals surface area contributed by atoms with Gasteiger partial charge in [0.15, 0.2) is 5.11 Å². The lowest BCUT2D eigenvalue weighted by atomic mass is 10.0. The average Bonchev–Trinajstić information content (AvgIpc) is 3.39. The van der Waals surface area contributed by atoms with Crippen LogP contribution < -0.4 is 10.2 Å². The van der Waals surface area contributed by atoms with Crippen LogP contribution in [0.25, 0.3) is 11.3 Å². The Morgan fingerprint density at radius 2 is 1.88 bits per heavy atom. The van der Waals surface area contributed by atoms with Crippen LogP contribution in [0.15, 0.2) is 87.9 Å². The fourth-order valence-electron chi connectivity index (χ4n) is 4.03. The SMILES string of the molecule is Cc1ccc(-c2ccc(C3C(c4ccccn4)NC(=S)N3c3ccccc3F)o2)c(Br)c1. The van der Waals surface area contributed by atoms with Crippen LogP contribution in [0.4, 0.5) is 10.1 Å². The molecule has 5 rings (SSSR count). The van der Waals surface area contributed by atoms with Gasteiger partial charge in [-0.25, -0.2) is 4.39 Å². The van der Waals surface area contributed by atoms with Crippen LogP contribution in [0.5, 0.6) is 0 Å². The van der Waals surface area contributed by atoms with E-state index in [-0.39, 0.29) is 11.9 Å². The van der Waals surface area contributed by atoms with Gasteiger partial charge < -0.3 is 14.6 Å². The summed E-state index contributed by atoms with van der Waals surface area (Å²) < 4.78 is 22.1. The Labute approximate surface area is 199 Å². The van der Waals surface area contributed by atoms with E-state index in [0.717, 1.165) is 27.1 Å². The molecule has 0 amide bonds. The third kappa shape index (κ3) is 3.72. The van der Waals surface area contributed by atoms with Gasteiger partial charge in [0, 0.05) is 16.2 Å². The molecule has 2 aromatic heterocycles. The van der Waals surface area contributed by atoms with Gasteiger partial charge in [-0.3, -0.25) is 4.98 Å². The molecule has 4 nitrogen and oxygen atoms in total. The van der Waals surface area contributed by atoms with Crippen LogP contribution in [0.1, 0.15) is 29.1 Å². The van der Waals surface area contributed by atoms with E-state index in [1.165, 1.54) is 6.07 Å². The van der Waals surface area contributed by atoms with Gasteiger partial charge in [0.1, 0.15) is 23.4 Å². The highest BCUT2D eigenvalue weighted by molar-refractivity contribution is 9.10. The number of pyridine rings is 1. The number of nitrogens with one attached hydrogen (secondary N) is 1. The standard InChI is InChI=1S/C25H19BrFN3OS/c1-15-9-10-16(17(26)14-15)21-11-12-22(31-21)24-23(19-7-4-5-13-28-19)29-25(32)30(24)20-8-3-2-6-18(20)27/h2-14,23-24H,1H3,(H,29,32). The number of anilines is 1. The summed E-state index contributed by atoms with van der Waals surface area (Å²) in [5.41, 5.74) is 3.29. The third-order valence-electron chi connectivity index (χ3n) is 5.52. The van der Waals surface area contributed by atoms with Crippen molar-refractivity contribution in [2.45, 2.75) is 19.0 Å². The fourth-order valence-corrected chi connectivity index (χ4v) is 5.05. The zero-order valence-corrected chi connectivity index (χ0v) is 19.5. The second-order valence-corrected chi connectivity index (χ2v) is 8.87. The highest BCUT2D eigenvalue weighted by Gasteiger charge is 2.43. The van der Waals surface area contributed by atoms with E-state index >= 15 is 0 Å². The van der Waals surface area contributed by atoms with Gasteiger partial charge in [-0.15, -0.1) is 0 Å². The van der Waals surface area contributed by atoms with Gasteiger partial charge in [0.25, 0.3) is 0 Å². The van der Waals surface area contributed by atoms with E-state index in [0.29, 0.717) is 16.6 Å². The summed E-state index contributed by atoms with van der Waals surface area (Å²) in [6.45, 7) is 2.04. The molecule has 3 heterocycles. The lowest BCUT2D eigenvalue weighted by Crippen LogP contribution is -2.30. The number of halogens is 2. The first-order valence-corrected chi connectivity index (χ1v) is 11.3. The molecule has 1 N–H and O–H groups in total. The van der Waals surface area contributed by atoms with Crippen molar-refractivity contribution in [2.24, 2.45) is 0 Å².